The van der Waals surface area contributed by atoms with E-state index in [1.165, 1.54) is 47.2 Å². The molecule has 0 unspecified atom stereocenters. The molecule has 0 fully saturated rings. The van der Waals surface area contributed by atoms with E-state index in [1.54, 1.807) is 29.5 Å². The number of fused-ring (bicyclic) bond motifs is 6. The third kappa shape index (κ3) is 3.42. The van der Waals surface area contributed by atoms with Crippen LogP contribution in [0.15, 0.2) is 85.1 Å². The summed E-state index contributed by atoms with van der Waals surface area (Å²) in [4.78, 5) is 4.08. The molecule has 29 heavy (non-hydrogen) atoms. The number of aromatic nitrogens is 1. The minimum atomic E-state index is 0.260. The number of rotatable bonds is 0. The van der Waals surface area contributed by atoms with Crippen molar-refractivity contribution in [2.45, 2.75) is 25.7 Å². The molecule has 5 aromatic rings. The summed E-state index contributed by atoms with van der Waals surface area (Å²) in [6, 6.07) is 27.0. The van der Waals surface area contributed by atoms with E-state index in [-0.39, 0.29) is 5.75 Å². The fourth-order valence-electron chi connectivity index (χ4n) is 4.40. The number of nitrogens with zero attached hydrogens (tertiary/aromatic N) is 1. The number of hydrogen-bond acceptors (Lipinski definition) is 2. The van der Waals surface area contributed by atoms with Crippen molar-refractivity contribution in [3.8, 4) is 5.75 Å². The maximum atomic E-state index is 9.09. The maximum Gasteiger partial charge on any atom is 0.117 e. The van der Waals surface area contributed by atoms with Gasteiger partial charge in [0, 0.05) is 17.6 Å². The molecule has 142 valence electrons. The van der Waals surface area contributed by atoms with E-state index >= 15 is 0 Å². The van der Waals surface area contributed by atoms with Crippen molar-refractivity contribution in [3.63, 3.8) is 0 Å². The molecule has 0 spiro atoms. The van der Waals surface area contributed by atoms with Crippen molar-refractivity contribution in [2.75, 3.05) is 0 Å². The summed E-state index contributed by atoms with van der Waals surface area (Å²) in [7, 11) is 0. The molecule has 1 aliphatic rings. The van der Waals surface area contributed by atoms with Gasteiger partial charge in [-0.2, -0.15) is 0 Å². The zero-order valence-electron chi connectivity index (χ0n) is 16.3. The number of phenols is 1. The van der Waals surface area contributed by atoms with Crippen LogP contribution in [0.25, 0.3) is 32.4 Å². The number of hydrogen-bond donors (Lipinski definition) is 1. The van der Waals surface area contributed by atoms with Crippen LogP contribution in [0.5, 0.6) is 5.75 Å². The monoisotopic (exact) mass is 377 g/mol. The molecular formula is C27H23NO. The molecule has 0 atom stereocenters. The lowest BCUT2D eigenvalue weighted by molar-refractivity contribution is 0.476. The van der Waals surface area contributed by atoms with E-state index in [4.69, 9.17) is 5.11 Å². The third-order valence-electron chi connectivity index (χ3n) is 5.85. The highest BCUT2D eigenvalue weighted by molar-refractivity contribution is 6.08. The molecule has 0 saturated carbocycles. The smallest absolute Gasteiger partial charge is 0.117 e. The van der Waals surface area contributed by atoms with Gasteiger partial charge in [0.2, 0.25) is 0 Å². The maximum absolute atomic E-state index is 9.09. The Kier molecular flexibility index (Phi) is 4.61. The highest BCUT2D eigenvalue weighted by atomic mass is 16.3. The van der Waals surface area contributed by atoms with Gasteiger partial charge in [-0.1, -0.05) is 54.6 Å². The van der Waals surface area contributed by atoms with Crippen LogP contribution >= 0.6 is 0 Å². The average Bonchev–Trinajstić information content (AvgIpc) is 2.79. The van der Waals surface area contributed by atoms with E-state index in [0.29, 0.717) is 0 Å². The standard InChI is InChI=1S/C18H16.C9H7NO/c1-3-7-15-13(5-1)9-11-18-16-8-4-2-6-14(16)10-12-17(15)18;11-8-4-3-7-2-1-5-10-9(7)6-8/h1,3,5,7,9-12H,2,4,6,8H2;1-6,11H. The third-order valence-corrected chi connectivity index (χ3v) is 5.85. The molecular weight excluding hydrogens is 354 g/mol. The Morgan fingerprint density at radius 1 is 0.655 bits per heavy atom. The summed E-state index contributed by atoms with van der Waals surface area (Å²) in [5.41, 5.74) is 4.00. The highest BCUT2D eigenvalue weighted by Crippen LogP contribution is 2.33. The molecule has 2 nitrogen and oxygen atoms in total. The van der Waals surface area contributed by atoms with Gasteiger partial charge in [0.15, 0.2) is 0 Å². The van der Waals surface area contributed by atoms with Crippen LogP contribution in [0, 0.1) is 0 Å². The highest BCUT2D eigenvalue weighted by Gasteiger charge is 2.13. The van der Waals surface area contributed by atoms with Crippen LogP contribution in [0.4, 0.5) is 0 Å². The number of aryl methyl sites for hydroxylation is 2. The minimum absolute atomic E-state index is 0.260. The minimum Gasteiger partial charge on any atom is -0.508 e. The molecule has 6 rings (SSSR count). The Bertz CT molecular complexity index is 1320. The summed E-state index contributed by atoms with van der Waals surface area (Å²) >= 11 is 0. The van der Waals surface area contributed by atoms with Crippen LogP contribution in [0.1, 0.15) is 24.0 Å². The first-order valence-electron chi connectivity index (χ1n) is 10.3. The molecule has 1 N–H and O–H groups in total. The Morgan fingerprint density at radius 2 is 1.45 bits per heavy atom. The topological polar surface area (TPSA) is 33.1 Å². The fraction of sp³-hybridized carbons (Fsp3) is 0.148. The zero-order valence-corrected chi connectivity index (χ0v) is 16.3. The van der Waals surface area contributed by atoms with Crippen molar-refractivity contribution in [2.24, 2.45) is 0 Å². The van der Waals surface area contributed by atoms with Gasteiger partial charge in [0.25, 0.3) is 0 Å². The molecule has 1 aromatic heterocycles. The first-order valence-corrected chi connectivity index (χ1v) is 10.3. The zero-order chi connectivity index (χ0) is 19.6. The second-order valence-corrected chi connectivity index (χ2v) is 7.67. The van der Waals surface area contributed by atoms with Gasteiger partial charge in [-0.15, -0.1) is 0 Å². The van der Waals surface area contributed by atoms with Crippen molar-refractivity contribution in [1.82, 2.24) is 4.98 Å². The fourth-order valence-corrected chi connectivity index (χ4v) is 4.40. The van der Waals surface area contributed by atoms with Crippen LogP contribution in [0.3, 0.4) is 0 Å². The van der Waals surface area contributed by atoms with E-state index in [9.17, 15) is 0 Å². The van der Waals surface area contributed by atoms with Crippen LogP contribution < -0.4 is 0 Å². The Hall–Kier alpha value is -3.39. The molecule has 1 heterocycles. The first-order chi connectivity index (χ1) is 14.3. The van der Waals surface area contributed by atoms with E-state index < -0.39 is 0 Å². The molecule has 0 amide bonds. The molecule has 0 radical (unpaired) electrons. The van der Waals surface area contributed by atoms with Crippen molar-refractivity contribution in [3.05, 3.63) is 96.2 Å². The Morgan fingerprint density at radius 3 is 2.41 bits per heavy atom. The molecule has 0 bridgehead atoms. The Balaban J connectivity index is 0.000000142. The van der Waals surface area contributed by atoms with Gasteiger partial charge in [-0.25, -0.2) is 0 Å². The predicted octanol–water partition coefficient (Wildman–Crippen LogP) is 6.81. The largest absolute Gasteiger partial charge is 0.508 e. The van der Waals surface area contributed by atoms with Crippen LogP contribution in [-0.2, 0) is 12.8 Å². The van der Waals surface area contributed by atoms with Gasteiger partial charge in [0.1, 0.15) is 5.75 Å². The quantitative estimate of drug-likeness (QED) is 0.301. The number of phenolic OH excluding ortho intramolecular Hbond substituents is 1. The first kappa shape index (κ1) is 17.7. The average molecular weight is 377 g/mol. The van der Waals surface area contributed by atoms with E-state index in [2.05, 4.69) is 53.5 Å². The second kappa shape index (κ2) is 7.56. The van der Waals surface area contributed by atoms with Gasteiger partial charge >= 0.3 is 0 Å². The van der Waals surface area contributed by atoms with Gasteiger partial charge in [-0.3, -0.25) is 4.98 Å². The lowest BCUT2D eigenvalue weighted by Crippen LogP contribution is -2.02. The summed E-state index contributed by atoms with van der Waals surface area (Å²) in [6.07, 6.45) is 6.93. The summed E-state index contributed by atoms with van der Waals surface area (Å²) in [5.74, 6) is 0.260. The van der Waals surface area contributed by atoms with Crippen LogP contribution in [0.2, 0.25) is 0 Å². The SMILES string of the molecule is Oc1ccc2cccnc2c1.c1ccc2c(c1)ccc1c3c(ccc12)CCCC3. The lowest BCUT2D eigenvalue weighted by Gasteiger charge is -2.18. The summed E-state index contributed by atoms with van der Waals surface area (Å²) in [5, 5.41) is 15.8. The normalized spacial score (nSPS) is 13.1. The second-order valence-electron chi connectivity index (χ2n) is 7.67. The summed E-state index contributed by atoms with van der Waals surface area (Å²) in [6.45, 7) is 0. The van der Waals surface area contributed by atoms with Crippen LogP contribution in [-0.4, -0.2) is 10.1 Å². The molecule has 4 aromatic carbocycles. The number of pyridine rings is 1. The molecule has 1 aliphatic carbocycles. The molecule has 0 saturated heterocycles. The predicted molar refractivity (Wildman–Crippen MR) is 122 cm³/mol. The van der Waals surface area contributed by atoms with Crippen molar-refractivity contribution >= 4 is 32.4 Å². The van der Waals surface area contributed by atoms with Crippen molar-refractivity contribution in [1.29, 1.82) is 0 Å². The van der Waals surface area contributed by atoms with Gasteiger partial charge in [-0.05, 0) is 76.6 Å². The van der Waals surface area contributed by atoms with Gasteiger partial charge < -0.3 is 5.11 Å². The summed E-state index contributed by atoms with van der Waals surface area (Å²) < 4.78 is 0. The van der Waals surface area contributed by atoms with Gasteiger partial charge in [0.05, 0.1) is 5.52 Å². The molecule has 2 heteroatoms. The van der Waals surface area contributed by atoms with E-state index in [0.717, 1.165) is 10.9 Å². The van der Waals surface area contributed by atoms with E-state index in [1.807, 2.05) is 18.2 Å². The Labute approximate surface area is 170 Å². The lowest BCUT2D eigenvalue weighted by atomic mass is 9.86. The number of benzene rings is 4. The number of aromatic hydroxyl groups is 1. The van der Waals surface area contributed by atoms with Crippen molar-refractivity contribution < 1.29 is 5.11 Å². The molecule has 0 aliphatic heterocycles.